The topological polar surface area (TPSA) is 85.3 Å². The molecule has 130 valence electrons. The van der Waals surface area contributed by atoms with Gasteiger partial charge in [0.25, 0.3) is 5.91 Å². The van der Waals surface area contributed by atoms with Crippen molar-refractivity contribution in [3.63, 3.8) is 0 Å². The van der Waals surface area contributed by atoms with E-state index in [0.29, 0.717) is 24.3 Å². The van der Waals surface area contributed by atoms with Crippen molar-refractivity contribution in [3.8, 4) is 11.3 Å². The molecule has 0 aliphatic carbocycles. The number of nitrogens with one attached hydrogen (secondary N) is 1. The van der Waals surface area contributed by atoms with Crippen LogP contribution in [0.1, 0.15) is 16.3 Å². The summed E-state index contributed by atoms with van der Waals surface area (Å²) in [6, 6.07) is 12.9. The molecule has 0 fully saturated rings. The first-order valence-electron chi connectivity index (χ1n) is 8.00. The molecule has 0 unspecified atom stereocenters. The van der Waals surface area contributed by atoms with Crippen LogP contribution in [0.3, 0.4) is 0 Å². The summed E-state index contributed by atoms with van der Waals surface area (Å²) < 4.78 is 20.0. The van der Waals surface area contributed by atoms with Crippen LogP contribution >= 0.6 is 0 Å². The fraction of sp³-hybridized carbons (Fsp3) is 0.111. The molecule has 7 nitrogen and oxygen atoms in total. The van der Waals surface area contributed by atoms with E-state index >= 15 is 0 Å². The van der Waals surface area contributed by atoms with E-state index in [-0.39, 0.29) is 17.4 Å². The molecule has 26 heavy (non-hydrogen) atoms. The van der Waals surface area contributed by atoms with E-state index in [1.807, 2.05) is 28.8 Å². The van der Waals surface area contributed by atoms with Gasteiger partial charge in [0.05, 0.1) is 0 Å². The monoisotopic (exact) mass is 351 g/mol. The first kappa shape index (κ1) is 15.9. The van der Waals surface area contributed by atoms with Crippen LogP contribution in [0.5, 0.6) is 0 Å². The molecule has 4 aromatic rings. The highest BCUT2D eigenvalue weighted by molar-refractivity contribution is 5.93. The van der Waals surface area contributed by atoms with Gasteiger partial charge in [0.1, 0.15) is 11.6 Å². The summed E-state index contributed by atoms with van der Waals surface area (Å²) in [7, 11) is 0. The molecule has 1 N–H and O–H groups in total. The highest BCUT2D eigenvalue weighted by Gasteiger charge is 2.14. The summed E-state index contributed by atoms with van der Waals surface area (Å²) in [5.74, 6) is 0.467. The van der Waals surface area contributed by atoms with Gasteiger partial charge in [-0.1, -0.05) is 11.2 Å². The van der Waals surface area contributed by atoms with E-state index in [9.17, 15) is 9.18 Å². The normalized spacial score (nSPS) is 11.0. The third kappa shape index (κ3) is 3.16. The summed E-state index contributed by atoms with van der Waals surface area (Å²) >= 11 is 0. The van der Waals surface area contributed by atoms with Crippen LogP contribution in [0.15, 0.2) is 59.3 Å². The van der Waals surface area contributed by atoms with Crippen molar-refractivity contribution in [2.45, 2.75) is 6.42 Å². The second-order valence-electron chi connectivity index (χ2n) is 5.63. The number of pyridine rings is 1. The SMILES string of the molecule is O=C(NCCc1nnc2ccccn12)c1cc(-c2ccc(F)cc2)on1. The lowest BCUT2D eigenvalue weighted by atomic mass is 10.1. The summed E-state index contributed by atoms with van der Waals surface area (Å²) in [5.41, 5.74) is 1.57. The van der Waals surface area contributed by atoms with E-state index in [0.717, 1.165) is 11.5 Å². The Morgan fingerprint density at radius 3 is 2.85 bits per heavy atom. The maximum Gasteiger partial charge on any atom is 0.273 e. The Labute approximate surface area is 147 Å². The fourth-order valence-electron chi connectivity index (χ4n) is 2.57. The molecule has 0 spiro atoms. The Morgan fingerprint density at radius 1 is 1.15 bits per heavy atom. The fourth-order valence-corrected chi connectivity index (χ4v) is 2.57. The second kappa shape index (κ2) is 6.75. The zero-order valence-corrected chi connectivity index (χ0v) is 13.6. The van der Waals surface area contributed by atoms with Crippen molar-refractivity contribution in [2.75, 3.05) is 6.54 Å². The molecule has 8 heteroatoms. The summed E-state index contributed by atoms with van der Waals surface area (Å²) in [6.07, 6.45) is 2.40. The first-order valence-corrected chi connectivity index (χ1v) is 8.00. The Bertz CT molecular complexity index is 1050. The second-order valence-corrected chi connectivity index (χ2v) is 5.63. The van der Waals surface area contributed by atoms with Crippen molar-refractivity contribution in [2.24, 2.45) is 0 Å². The number of carbonyl (C=O) groups is 1. The van der Waals surface area contributed by atoms with Crippen molar-refractivity contribution >= 4 is 11.6 Å². The molecule has 0 bridgehead atoms. The largest absolute Gasteiger partial charge is 0.355 e. The number of aromatic nitrogens is 4. The smallest absolute Gasteiger partial charge is 0.273 e. The van der Waals surface area contributed by atoms with Crippen LogP contribution < -0.4 is 5.32 Å². The van der Waals surface area contributed by atoms with Gasteiger partial charge in [-0.2, -0.15) is 0 Å². The zero-order chi connectivity index (χ0) is 17.9. The van der Waals surface area contributed by atoms with Gasteiger partial charge in [0.2, 0.25) is 0 Å². The van der Waals surface area contributed by atoms with E-state index in [1.165, 1.54) is 18.2 Å². The van der Waals surface area contributed by atoms with Crippen LogP contribution in [0.25, 0.3) is 17.0 Å². The number of fused-ring (bicyclic) bond motifs is 1. The summed E-state index contributed by atoms with van der Waals surface area (Å²) in [6.45, 7) is 0.382. The summed E-state index contributed by atoms with van der Waals surface area (Å²) in [5, 5.41) is 14.7. The molecule has 0 atom stereocenters. The van der Waals surface area contributed by atoms with Crippen LogP contribution in [-0.2, 0) is 6.42 Å². The van der Waals surface area contributed by atoms with Gasteiger partial charge in [-0.3, -0.25) is 9.20 Å². The minimum Gasteiger partial charge on any atom is -0.355 e. The van der Waals surface area contributed by atoms with E-state index in [4.69, 9.17) is 4.52 Å². The number of nitrogens with zero attached hydrogens (tertiary/aromatic N) is 4. The molecule has 0 radical (unpaired) electrons. The average molecular weight is 351 g/mol. The molecule has 0 saturated heterocycles. The molecular formula is C18H14FN5O2. The molecule has 4 rings (SSSR count). The lowest BCUT2D eigenvalue weighted by Gasteiger charge is -2.02. The highest BCUT2D eigenvalue weighted by Crippen LogP contribution is 2.20. The Balaban J connectivity index is 1.39. The van der Waals surface area contributed by atoms with E-state index < -0.39 is 0 Å². The Morgan fingerprint density at radius 2 is 2.00 bits per heavy atom. The maximum absolute atomic E-state index is 13.0. The van der Waals surface area contributed by atoms with Gasteiger partial charge in [-0.05, 0) is 36.4 Å². The molecule has 1 aromatic carbocycles. The lowest BCUT2D eigenvalue weighted by molar-refractivity contribution is 0.0945. The Hall–Kier alpha value is -3.55. The molecule has 0 aliphatic rings. The van der Waals surface area contributed by atoms with Crippen molar-refractivity contribution in [3.05, 3.63) is 72.1 Å². The van der Waals surface area contributed by atoms with Gasteiger partial charge in [-0.25, -0.2) is 4.39 Å². The first-order chi connectivity index (χ1) is 12.7. The number of amides is 1. The van der Waals surface area contributed by atoms with Crippen molar-refractivity contribution in [1.29, 1.82) is 0 Å². The Kier molecular flexibility index (Phi) is 4.14. The predicted octanol–water partition coefficient (Wildman–Crippen LogP) is 2.50. The quantitative estimate of drug-likeness (QED) is 0.597. The number of halogens is 1. The molecular weight excluding hydrogens is 337 g/mol. The van der Waals surface area contributed by atoms with E-state index in [2.05, 4.69) is 20.7 Å². The minimum atomic E-state index is -0.351. The van der Waals surface area contributed by atoms with Gasteiger partial charge >= 0.3 is 0 Å². The number of benzene rings is 1. The van der Waals surface area contributed by atoms with Crippen molar-refractivity contribution < 1.29 is 13.7 Å². The van der Waals surface area contributed by atoms with Crippen molar-refractivity contribution in [1.82, 2.24) is 25.1 Å². The molecule has 3 aromatic heterocycles. The number of carbonyl (C=O) groups excluding carboxylic acids is 1. The third-order valence-corrected chi connectivity index (χ3v) is 3.89. The molecule has 1 amide bonds. The number of rotatable bonds is 5. The van der Waals surface area contributed by atoms with Gasteiger partial charge in [0, 0.05) is 30.8 Å². The molecule has 0 aliphatic heterocycles. The van der Waals surface area contributed by atoms with Crippen LogP contribution in [0.2, 0.25) is 0 Å². The minimum absolute atomic E-state index is 0.162. The zero-order valence-electron chi connectivity index (χ0n) is 13.6. The van der Waals surface area contributed by atoms with Gasteiger partial charge < -0.3 is 9.84 Å². The van der Waals surface area contributed by atoms with E-state index in [1.54, 1.807) is 12.1 Å². The third-order valence-electron chi connectivity index (χ3n) is 3.89. The number of hydrogen-bond acceptors (Lipinski definition) is 5. The highest BCUT2D eigenvalue weighted by atomic mass is 19.1. The van der Waals surface area contributed by atoms with Gasteiger partial charge in [-0.15, -0.1) is 10.2 Å². The van der Waals surface area contributed by atoms with Crippen LogP contribution in [-0.4, -0.2) is 32.2 Å². The standard InChI is InChI=1S/C18H14FN5O2/c19-13-6-4-12(5-7-13)15-11-14(23-26-15)18(25)20-9-8-17-22-21-16-3-1-2-10-24(16)17/h1-7,10-11H,8-9H2,(H,20,25). The molecule has 0 saturated carbocycles. The number of hydrogen-bond donors (Lipinski definition) is 1. The van der Waals surface area contributed by atoms with Gasteiger partial charge in [0.15, 0.2) is 17.1 Å². The van der Waals surface area contributed by atoms with Crippen LogP contribution in [0, 0.1) is 5.82 Å². The summed E-state index contributed by atoms with van der Waals surface area (Å²) in [4.78, 5) is 12.2. The average Bonchev–Trinajstić information content (AvgIpc) is 3.30. The lowest BCUT2D eigenvalue weighted by Crippen LogP contribution is -2.26. The molecule has 3 heterocycles. The van der Waals surface area contributed by atoms with Crippen LogP contribution in [0.4, 0.5) is 4.39 Å². The maximum atomic E-state index is 13.0. The predicted molar refractivity (Wildman–Crippen MR) is 90.9 cm³/mol.